The highest BCUT2D eigenvalue weighted by atomic mass is 35.5. The highest BCUT2D eigenvalue weighted by Crippen LogP contribution is 2.48. The Labute approximate surface area is 208 Å². The highest BCUT2D eigenvalue weighted by molar-refractivity contribution is 7.54. The molecule has 0 bridgehead atoms. The van der Waals surface area contributed by atoms with Crippen LogP contribution in [0.15, 0.2) is 36.4 Å². The van der Waals surface area contributed by atoms with Crippen LogP contribution in [0.5, 0.6) is 11.5 Å². The molecule has 0 amide bonds. The standard InChI is InChI=1S/C18H26Cl4N4O4P2/c19-7-11-25(12-8-20)31(23,27)29-17-5-1-3-15-16(17)4-2-6-18(15)30-32(24,28)26(13-9-21)14-10-22/h1-6H,7-14H2,(H2,23,27)(H2,24,28)/t31-,32-/m0/s1. The lowest BCUT2D eigenvalue weighted by Gasteiger charge is -2.28. The molecule has 2 aromatic carbocycles. The molecule has 4 N–H and O–H groups in total. The first kappa shape index (κ1) is 28.0. The van der Waals surface area contributed by atoms with Crippen molar-refractivity contribution in [2.45, 2.75) is 0 Å². The van der Waals surface area contributed by atoms with Crippen molar-refractivity contribution in [3.63, 3.8) is 0 Å². The predicted molar refractivity (Wildman–Crippen MR) is 135 cm³/mol. The summed E-state index contributed by atoms with van der Waals surface area (Å²) in [7, 11) is -7.49. The fourth-order valence-corrected chi connectivity index (χ4v) is 6.90. The van der Waals surface area contributed by atoms with Gasteiger partial charge in [-0.25, -0.2) is 29.5 Å². The Hall–Kier alpha value is -0.240. The molecule has 180 valence electrons. The van der Waals surface area contributed by atoms with Gasteiger partial charge in [0.25, 0.3) is 0 Å². The van der Waals surface area contributed by atoms with Crippen molar-refractivity contribution in [3.05, 3.63) is 36.4 Å². The lowest BCUT2D eigenvalue weighted by molar-refractivity contribution is 0.372. The van der Waals surface area contributed by atoms with Gasteiger partial charge in [0, 0.05) is 60.5 Å². The van der Waals surface area contributed by atoms with Crippen molar-refractivity contribution < 1.29 is 18.2 Å². The predicted octanol–water partition coefficient (Wildman–Crippen LogP) is 5.29. The summed E-state index contributed by atoms with van der Waals surface area (Å²) >= 11 is 23.2. The van der Waals surface area contributed by atoms with Crippen molar-refractivity contribution in [2.24, 2.45) is 11.0 Å². The third kappa shape index (κ3) is 7.38. The summed E-state index contributed by atoms with van der Waals surface area (Å²) in [5.41, 5.74) is 12.0. The van der Waals surface area contributed by atoms with Gasteiger partial charge in [-0.15, -0.1) is 46.4 Å². The Morgan fingerprint density at radius 2 is 0.969 bits per heavy atom. The average molecular weight is 566 g/mol. The fraction of sp³-hybridized carbons (Fsp3) is 0.444. The Balaban J connectivity index is 2.40. The van der Waals surface area contributed by atoms with E-state index in [4.69, 9.17) is 66.5 Å². The second-order valence-corrected chi connectivity index (χ2v) is 11.8. The molecule has 2 atom stereocenters. The zero-order valence-corrected chi connectivity index (χ0v) is 22.0. The summed E-state index contributed by atoms with van der Waals surface area (Å²) in [6, 6.07) is 10.1. The van der Waals surface area contributed by atoms with Gasteiger partial charge >= 0.3 is 15.3 Å². The van der Waals surface area contributed by atoms with Gasteiger partial charge in [0.05, 0.1) is 0 Å². The molecule has 0 saturated heterocycles. The second kappa shape index (κ2) is 13.0. The van der Waals surface area contributed by atoms with Gasteiger partial charge in [0.1, 0.15) is 11.5 Å². The smallest absolute Gasteiger partial charge is 0.390 e. The highest BCUT2D eigenvalue weighted by Gasteiger charge is 2.30. The summed E-state index contributed by atoms with van der Waals surface area (Å²) in [6.45, 7) is 0.978. The molecule has 0 aromatic heterocycles. The van der Waals surface area contributed by atoms with Gasteiger partial charge in [0.15, 0.2) is 0 Å². The molecular weight excluding hydrogens is 540 g/mol. The van der Waals surface area contributed by atoms with E-state index >= 15 is 0 Å². The normalized spacial score (nSPS) is 15.6. The topological polar surface area (TPSA) is 111 Å². The van der Waals surface area contributed by atoms with Crippen LogP contribution in [-0.2, 0) is 9.13 Å². The summed E-state index contributed by atoms with van der Waals surface area (Å²) in [4.78, 5) is 0. The van der Waals surface area contributed by atoms with Crippen LogP contribution in [0.2, 0.25) is 0 Å². The van der Waals surface area contributed by atoms with Crippen molar-refractivity contribution in [1.82, 2.24) is 9.34 Å². The van der Waals surface area contributed by atoms with Gasteiger partial charge in [0.2, 0.25) is 0 Å². The first-order chi connectivity index (χ1) is 15.2. The van der Waals surface area contributed by atoms with Crippen molar-refractivity contribution in [2.75, 3.05) is 49.7 Å². The second-order valence-electron chi connectivity index (χ2n) is 6.58. The number of halogens is 4. The molecule has 0 spiro atoms. The Morgan fingerprint density at radius 3 is 1.25 bits per heavy atom. The minimum absolute atomic E-state index is 0.210. The maximum absolute atomic E-state index is 13.1. The van der Waals surface area contributed by atoms with Crippen LogP contribution in [0.1, 0.15) is 0 Å². The average Bonchev–Trinajstić information content (AvgIpc) is 2.73. The molecule has 0 unspecified atom stereocenters. The van der Waals surface area contributed by atoms with Gasteiger partial charge in [-0.2, -0.15) is 0 Å². The minimum atomic E-state index is -3.75. The molecule has 0 aliphatic heterocycles. The van der Waals surface area contributed by atoms with Crippen LogP contribution in [0, 0.1) is 0 Å². The molecule has 0 heterocycles. The van der Waals surface area contributed by atoms with E-state index in [1.165, 1.54) is 9.34 Å². The quantitative estimate of drug-likeness (QED) is 0.235. The molecule has 14 heteroatoms. The molecule has 32 heavy (non-hydrogen) atoms. The van der Waals surface area contributed by atoms with Crippen molar-refractivity contribution in [3.8, 4) is 11.5 Å². The van der Waals surface area contributed by atoms with E-state index in [2.05, 4.69) is 0 Å². The van der Waals surface area contributed by atoms with Crippen LogP contribution in [0.3, 0.4) is 0 Å². The number of alkyl halides is 4. The van der Waals surface area contributed by atoms with E-state index in [9.17, 15) is 9.13 Å². The Kier molecular flexibility index (Phi) is 11.4. The third-order valence-electron chi connectivity index (χ3n) is 4.46. The van der Waals surface area contributed by atoms with Gasteiger partial charge < -0.3 is 9.05 Å². The first-order valence-electron chi connectivity index (χ1n) is 9.63. The number of nitrogens with two attached hydrogens (primary N) is 2. The minimum Gasteiger partial charge on any atom is -0.421 e. The van der Waals surface area contributed by atoms with Crippen molar-refractivity contribution in [1.29, 1.82) is 0 Å². The van der Waals surface area contributed by atoms with Crippen molar-refractivity contribution >= 4 is 72.5 Å². The maximum Gasteiger partial charge on any atom is 0.390 e. The summed E-state index contributed by atoms with van der Waals surface area (Å²) in [5, 5.41) is 1.10. The molecule has 2 rings (SSSR count). The SMILES string of the molecule is N[P@](=O)(Oc1cccc2c(O[P@](N)(=O)N(CCCl)CCCl)cccc12)N(CCCl)CCCl. The van der Waals surface area contributed by atoms with Crippen LogP contribution in [-0.4, -0.2) is 59.0 Å². The Bertz CT molecular complexity index is 898. The molecule has 0 aliphatic rings. The number of fused-ring (bicyclic) bond motifs is 1. The zero-order chi connectivity index (χ0) is 23.8. The fourth-order valence-electron chi connectivity index (χ4n) is 2.98. The van der Waals surface area contributed by atoms with Crippen LogP contribution < -0.4 is 20.1 Å². The van der Waals surface area contributed by atoms with E-state index in [0.717, 1.165) is 0 Å². The lowest BCUT2D eigenvalue weighted by Crippen LogP contribution is -2.31. The zero-order valence-electron chi connectivity index (χ0n) is 17.2. The molecule has 0 fully saturated rings. The largest absolute Gasteiger partial charge is 0.421 e. The van der Waals surface area contributed by atoms with E-state index in [0.29, 0.717) is 10.8 Å². The number of rotatable bonds is 14. The number of hydrogen-bond acceptors (Lipinski definition) is 4. The summed E-state index contributed by atoms with van der Waals surface area (Å²) in [6.07, 6.45) is 0. The number of nitrogens with zero attached hydrogens (tertiary/aromatic N) is 2. The third-order valence-corrected chi connectivity index (χ3v) is 8.43. The molecule has 8 nitrogen and oxygen atoms in total. The monoisotopic (exact) mass is 564 g/mol. The van der Waals surface area contributed by atoms with E-state index in [-0.39, 0.29) is 61.2 Å². The van der Waals surface area contributed by atoms with Gasteiger partial charge in [-0.1, -0.05) is 24.3 Å². The van der Waals surface area contributed by atoms with E-state index < -0.39 is 15.3 Å². The van der Waals surface area contributed by atoms with Gasteiger partial charge in [-0.3, -0.25) is 0 Å². The van der Waals surface area contributed by atoms with Crippen LogP contribution in [0.4, 0.5) is 0 Å². The first-order valence-corrected chi connectivity index (χ1v) is 15.1. The Morgan fingerprint density at radius 1 is 0.656 bits per heavy atom. The number of hydrogen-bond donors (Lipinski definition) is 2. The summed E-state index contributed by atoms with van der Waals surface area (Å²) in [5.74, 6) is 1.37. The number of benzene rings is 2. The van der Waals surface area contributed by atoms with E-state index in [1.807, 2.05) is 0 Å². The lowest BCUT2D eigenvalue weighted by atomic mass is 10.1. The molecule has 2 aromatic rings. The molecule has 0 radical (unpaired) electrons. The molecule has 0 saturated carbocycles. The van der Waals surface area contributed by atoms with Gasteiger partial charge in [-0.05, 0) is 12.1 Å². The van der Waals surface area contributed by atoms with E-state index in [1.54, 1.807) is 36.4 Å². The molecular formula is C18H26Cl4N4O4P2. The molecule has 0 aliphatic carbocycles. The maximum atomic E-state index is 13.1. The van der Waals surface area contributed by atoms with Crippen LogP contribution >= 0.6 is 61.7 Å². The summed E-state index contributed by atoms with van der Waals surface area (Å²) < 4.78 is 40.5. The van der Waals surface area contributed by atoms with Crippen LogP contribution in [0.25, 0.3) is 10.8 Å².